The number of benzene rings is 3. The van der Waals surface area contributed by atoms with Crippen molar-refractivity contribution in [2.24, 2.45) is 0 Å². The van der Waals surface area contributed by atoms with Crippen LogP contribution in [0.25, 0.3) is 11.1 Å². The molecular weight excluding hydrogens is 428 g/mol. The zero-order valence-electron chi connectivity index (χ0n) is 19.5. The number of rotatable bonds is 7. The average Bonchev–Trinajstić information content (AvgIpc) is 2.82. The van der Waals surface area contributed by atoms with Crippen molar-refractivity contribution in [3.05, 3.63) is 96.1 Å². The first-order valence-electron chi connectivity index (χ1n) is 11.0. The van der Waals surface area contributed by atoms with E-state index in [4.69, 9.17) is 9.47 Å². The highest BCUT2D eigenvalue weighted by molar-refractivity contribution is 5.90. The highest BCUT2D eigenvalue weighted by Crippen LogP contribution is 2.20. The van der Waals surface area contributed by atoms with Gasteiger partial charge in [0.2, 0.25) is 6.10 Å². The Balaban J connectivity index is 1.75. The number of hydrogen-bond acceptors (Lipinski definition) is 5. The minimum absolute atomic E-state index is 0.290. The van der Waals surface area contributed by atoms with Gasteiger partial charge in [0.05, 0.1) is 11.6 Å². The fraction of sp³-hybridized carbons (Fsp3) is 0.250. The second kappa shape index (κ2) is 11.2. The Hall–Kier alpha value is -4.11. The summed E-state index contributed by atoms with van der Waals surface area (Å²) in [4.78, 5) is 25.2. The molecule has 3 rings (SSSR count). The molecule has 6 heteroatoms. The molecule has 0 fully saturated rings. The van der Waals surface area contributed by atoms with Crippen molar-refractivity contribution in [1.82, 2.24) is 5.32 Å². The molecule has 2 unspecified atom stereocenters. The van der Waals surface area contributed by atoms with Gasteiger partial charge in [-0.05, 0) is 56.0 Å². The van der Waals surface area contributed by atoms with E-state index in [1.807, 2.05) is 78.9 Å². The molecule has 0 aromatic heterocycles. The molecule has 0 bridgehead atoms. The summed E-state index contributed by atoms with van der Waals surface area (Å²) in [5, 5.41) is 12.5. The van der Waals surface area contributed by atoms with Crippen LogP contribution in [0.3, 0.4) is 0 Å². The van der Waals surface area contributed by atoms with E-state index < -0.39 is 29.8 Å². The van der Waals surface area contributed by atoms with Crippen LogP contribution in [-0.4, -0.2) is 29.8 Å². The molecule has 6 nitrogen and oxygen atoms in total. The maximum absolute atomic E-state index is 12.8. The summed E-state index contributed by atoms with van der Waals surface area (Å²) in [5.41, 5.74) is 2.48. The summed E-state index contributed by atoms with van der Waals surface area (Å²) < 4.78 is 10.9. The van der Waals surface area contributed by atoms with Crippen molar-refractivity contribution in [3.63, 3.8) is 0 Å². The predicted octanol–water partition coefficient (Wildman–Crippen LogP) is 5.54. The Morgan fingerprint density at radius 2 is 1.44 bits per heavy atom. The molecule has 1 N–H and O–H groups in total. The van der Waals surface area contributed by atoms with Crippen LogP contribution in [0, 0.1) is 11.3 Å². The molecule has 0 heterocycles. The average molecular weight is 457 g/mol. The maximum Gasteiger partial charge on any atom is 0.408 e. The van der Waals surface area contributed by atoms with Gasteiger partial charge >= 0.3 is 12.1 Å². The lowest BCUT2D eigenvalue weighted by atomic mass is 10.0. The number of alkyl carbamates (subject to hydrolysis) is 1. The minimum atomic E-state index is -1.21. The summed E-state index contributed by atoms with van der Waals surface area (Å²) in [6.45, 7) is 5.25. The molecular formula is C28H28N2O4. The Bertz CT molecular complexity index is 1130. The minimum Gasteiger partial charge on any atom is -0.444 e. The lowest BCUT2D eigenvalue weighted by molar-refractivity contribution is 0.0260. The molecule has 0 saturated carbocycles. The first-order chi connectivity index (χ1) is 16.2. The van der Waals surface area contributed by atoms with E-state index in [1.54, 1.807) is 32.9 Å². The van der Waals surface area contributed by atoms with Crippen molar-refractivity contribution in [3.8, 4) is 17.2 Å². The quantitative estimate of drug-likeness (QED) is 0.472. The van der Waals surface area contributed by atoms with Gasteiger partial charge in [0, 0.05) is 0 Å². The molecule has 0 aliphatic heterocycles. The second-order valence-corrected chi connectivity index (χ2v) is 8.84. The number of esters is 1. The number of carbonyl (C=O) groups is 2. The summed E-state index contributed by atoms with van der Waals surface area (Å²) in [5.74, 6) is -0.643. The van der Waals surface area contributed by atoms with E-state index in [0.717, 1.165) is 16.7 Å². The number of carbonyl (C=O) groups excluding carboxylic acids is 2. The smallest absolute Gasteiger partial charge is 0.408 e. The number of nitrogens with zero attached hydrogens (tertiary/aromatic N) is 1. The topological polar surface area (TPSA) is 88.4 Å². The van der Waals surface area contributed by atoms with E-state index in [9.17, 15) is 14.9 Å². The Morgan fingerprint density at radius 3 is 2.00 bits per heavy atom. The standard InChI is InChI=1S/C28H28N2O4/c1-28(2,3)34-27(32)30-24(18-20-10-6-4-7-11-20)25(19-29)33-26(31)23-16-14-22(15-17-23)21-12-8-5-9-13-21/h4-17,24-25H,18H2,1-3H3,(H,30,32). The third-order valence-corrected chi connectivity index (χ3v) is 4.95. The van der Waals surface area contributed by atoms with Crippen LogP contribution in [0.1, 0.15) is 36.7 Å². The zero-order chi connectivity index (χ0) is 24.6. The maximum atomic E-state index is 12.8. The molecule has 2 atom stereocenters. The van der Waals surface area contributed by atoms with E-state index in [1.165, 1.54) is 0 Å². The Labute approximate surface area is 200 Å². The van der Waals surface area contributed by atoms with E-state index in [0.29, 0.717) is 12.0 Å². The lowest BCUT2D eigenvalue weighted by Crippen LogP contribution is -2.47. The van der Waals surface area contributed by atoms with Crippen molar-refractivity contribution >= 4 is 12.1 Å². The van der Waals surface area contributed by atoms with Gasteiger partial charge in [-0.25, -0.2) is 9.59 Å². The van der Waals surface area contributed by atoms with Crippen LogP contribution in [0.15, 0.2) is 84.9 Å². The number of hydrogen-bond donors (Lipinski definition) is 1. The number of ether oxygens (including phenoxy) is 2. The van der Waals surface area contributed by atoms with E-state index >= 15 is 0 Å². The number of nitrogens with one attached hydrogen (secondary N) is 1. The molecule has 0 aliphatic carbocycles. The van der Waals surface area contributed by atoms with Crippen LogP contribution >= 0.6 is 0 Å². The molecule has 3 aromatic carbocycles. The molecule has 0 radical (unpaired) electrons. The van der Waals surface area contributed by atoms with Gasteiger partial charge in [-0.1, -0.05) is 72.8 Å². The van der Waals surface area contributed by atoms with Gasteiger partial charge in [0.1, 0.15) is 11.7 Å². The molecule has 34 heavy (non-hydrogen) atoms. The summed E-state index contributed by atoms with van der Waals surface area (Å²) in [7, 11) is 0. The van der Waals surface area contributed by atoms with E-state index in [-0.39, 0.29) is 0 Å². The van der Waals surface area contributed by atoms with Crippen molar-refractivity contribution < 1.29 is 19.1 Å². The Kier molecular flexibility index (Phi) is 8.05. The van der Waals surface area contributed by atoms with Crippen LogP contribution < -0.4 is 5.32 Å². The van der Waals surface area contributed by atoms with E-state index in [2.05, 4.69) is 5.32 Å². The molecule has 1 amide bonds. The van der Waals surface area contributed by atoms with Crippen LogP contribution in [0.2, 0.25) is 0 Å². The summed E-state index contributed by atoms with van der Waals surface area (Å²) in [6, 6.07) is 27.3. The van der Waals surface area contributed by atoms with Crippen molar-refractivity contribution in [1.29, 1.82) is 5.26 Å². The number of amides is 1. The van der Waals surface area contributed by atoms with Crippen molar-refractivity contribution in [2.75, 3.05) is 0 Å². The molecule has 174 valence electrons. The first kappa shape index (κ1) is 24.5. The largest absolute Gasteiger partial charge is 0.444 e. The normalized spacial score (nSPS) is 12.6. The monoisotopic (exact) mass is 456 g/mol. The van der Waals surface area contributed by atoms with Gasteiger partial charge in [0.15, 0.2) is 0 Å². The highest BCUT2D eigenvalue weighted by atomic mass is 16.6. The third-order valence-electron chi connectivity index (χ3n) is 4.95. The third kappa shape index (κ3) is 7.21. The molecule has 0 saturated heterocycles. The second-order valence-electron chi connectivity index (χ2n) is 8.84. The molecule has 3 aromatic rings. The van der Waals surface area contributed by atoms with Gasteiger partial charge < -0.3 is 14.8 Å². The molecule has 0 aliphatic rings. The van der Waals surface area contributed by atoms with Gasteiger partial charge in [-0.2, -0.15) is 5.26 Å². The highest BCUT2D eigenvalue weighted by Gasteiger charge is 2.29. The number of nitriles is 1. The van der Waals surface area contributed by atoms with Gasteiger partial charge in [-0.3, -0.25) is 0 Å². The van der Waals surface area contributed by atoms with Gasteiger partial charge in [-0.15, -0.1) is 0 Å². The van der Waals surface area contributed by atoms with Crippen LogP contribution in [0.4, 0.5) is 4.79 Å². The van der Waals surface area contributed by atoms with Gasteiger partial charge in [0.25, 0.3) is 0 Å². The predicted molar refractivity (Wildman–Crippen MR) is 130 cm³/mol. The first-order valence-corrected chi connectivity index (χ1v) is 11.0. The zero-order valence-corrected chi connectivity index (χ0v) is 19.5. The fourth-order valence-electron chi connectivity index (χ4n) is 3.37. The lowest BCUT2D eigenvalue weighted by Gasteiger charge is -2.26. The SMILES string of the molecule is CC(C)(C)OC(=O)NC(Cc1ccccc1)C(C#N)OC(=O)c1ccc(-c2ccccc2)cc1. The van der Waals surface area contributed by atoms with Crippen LogP contribution in [-0.2, 0) is 15.9 Å². The van der Waals surface area contributed by atoms with Crippen LogP contribution in [0.5, 0.6) is 0 Å². The fourth-order valence-corrected chi connectivity index (χ4v) is 3.37. The summed E-state index contributed by atoms with van der Waals surface area (Å²) in [6.07, 6.45) is -1.61. The Morgan fingerprint density at radius 1 is 0.882 bits per heavy atom. The van der Waals surface area contributed by atoms with Crippen molar-refractivity contribution in [2.45, 2.75) is 44.9 Å². The summed E-state index contributed by atoms with van der Waals surface area (Å²) >= 11 is 0. The molecule has 0 spiro atoms.